The Kier molecular flexibility index (Phi) is 3.61. The van der Waals surface area contributed by atoms with Gasteiger partial charge in [-0.3, -0.25) is 4.90 Å². The fourth-order valence-electron chi connectivity index (χ4n) is 2.48. The van der Waals surface area contributed by atoms with E-state index in [9.17, 15) is 0 Å². The van der Waals surface area contributed by atoms with Gasteiger partial charge in [-0.05, 0) is 54.0 Å². The zero-order chi connectivity index (χ0) is 12.4. The van der Waals surface area contributed by atoms with Crippen LogP contribution in [0.25, 0.3) is 5.65 Å². The zero-order valence-electron chi connectivity index (χ0n) is 10.3. The second kappa shape index (κ2) is 5.36. The first-order valence-electron chi connectivity index (χ1n) is 6.55. The molecule has 0 aliphatic carbocycles. The quantitative estimate of drug-likeness (QED) is 0.855. The predicted octanol–water partition coefficient (Wildman–Crippen LogP) is 2.87. The zero-order valence-corrected chi connectivity index (χ0v) is 11.9. The summed E-state index contributed by atoms with van der Waals surface area (Å²) in [6, 6.07) is 3.97. The van der Waals surface area contributed by atoms with E-state index < -0.39 is 0 Å². The molecule has 1 saturated heterocycles. The lowest BCUT2D eigenvalue weighted by Crippen LogP contribution is -2.24. The van der Waals surface area contributed by atoms with Crippen molar-refractivity contribution in [3.8, 4) is 0 Å². The fourth-order valence-corrected chi connectivity index (χ4v) is 2.90. The first kappa shape index (κ1) is 12.1. The SMILES string of the molecule is Brc1cccn2nc(CN3CCCCCC3)nc12. The fraction of sp³-hybridized carbons (Fsp3) is 0.538. The van der Waals surface area contributed by atoms with Crippen LogP contribution in [0.15, 0.2) is 22.8 Å². The van der Waals surface area contributed by atoms with Crippen LogP contribution < -0.4 is 0 Å². The summed E-state index contributed by atoms with van der Waals surface area (Å²) >= 11 is 3.51. The van der Waals surface area contributed by atoms with Gasteiger partial charge in [-0.1, -0.05) is 12.8 Å². The molecule has 0 saturated carbocycles. The van der Waals surface area contributed by atoms with E-state index in [0.717, 1.165) is 22.5 Å². The van der Waals surface area contributed by atoms with Crippen LogP contribution in [0, 0.1) is 0 Å². The van der Waals surface area contributed by atoms with Gasteiger partial charge in [0.25, 0.3) is 0 Å². The molecule has 96 valence electrons. The molecule has 2 aromatic heterocycles. The van der Waals surface area contributed by atoms with E-state index >= 15 is 0 Å². The van der Waals surface area contributed by atoms with Crippen LogP contribution in [-0.4, -0.2) is 32.6 Å². The van der Waals surface area contributed by atoms with Gasteiger partial charge < -0.3 is 0 Å². The average Bonchev–Trinajstić information content (AvgIpc) is 2.60. The molecule has 1 aliphatic heterocycles. The van der Waals surface area contributed by atoms with Gasteiger partial charge >= 0.3 is 0 Å². The highest BCUT2D eigenvalue weighted by Crippen LogP contribution is 2.17. The van der Waals surface area contributed by atoms with E-state index in [-0.39, 0.29) is 0 Å². The van der Waals surface area contributed by atoms with E-state index in [1.807, 2.05) is 22.8 Å². The smallest absolute Gasteiger partial charge is 0.169 e. The molecular formula is C13H17BrN4. The number of rotatable bonds is 2. The third-order valence-electron chi connectivity index (χ3n) is 3.42. The van der Waals surface area contributed by atoms with Crippen LogP contribution in [0.2, 0.25) is 0 Å². The van der Waals surface area contributed by atoms with Crippen molar-refractivity contribution in [2.45, 2.75) is 32.2 Å². The highest BCUT2D eigenvalue weighted by atomic mass is 79.9. The number of fused-ring (bicyclic) bond motifs is 1. The Bertz CT molecular complexity index is 529. The Labute approximate surface area is 115 Å². The highest BCUT2D eigenvalue weighted by Gasteiger charge is 2.13. The minimum absolute atomic E-state index is 0.869. The Balaban J connectivity index is 1.79. The van der Waals surface area contributed by atoms with Crippen molar-refractivity contribution in [3.05, 3.63) is 28.6 Å². The molecule has 0 atom stereocenters. The van der Waals surface area contributed by atoms with Crippen LogP contribution in [0.5, 0.6) is 0 Å². The van der Waals surface area contributed by atoms with Gasteiger partial charge in [0.15, 0.2) is 11.5 Å². The molecular weight excluding hydrogens is 292 g/mol. The molecule has 2 aromatic rings. The van der Waals surface area contributed by atoms with Crippen LogP contribution >= 0.6 is 15.9 Å². The molecule has 0 amide bonds. The van der Waals surface area contributed by atoms with Gasteiger partial charge in [-0.15, -0.1) is 5.10 Å². The maximum absolute atomic E-state index is 4.60. The third kappa shape index (κ3) is 2.57. The summed E-state index contributed by atoms with van der Waals surface area (Å²) in [7, 11) is 0. The van der Waals surface area contributed by atoms with Gasteiger partial charge in [-0.25, -0.2) is 9.50 Å². The lowest BCUT2D eigenvalue weighted by atomic mass is 10.2. The van der Waals surface area contributed by atoms with Crippen molar-refractivity contribution in [2.75, 3.05) is 13.1 Å². The lowest BCUT2D eigenvalue weighted by molar-refractivity contribution is 0.270. The Hall–Kier alpha value is -0.940. The number of halogens is 1. The molecule has 0 bridgehead atoms. The summed E-state index contributed by atoms with van der Waals surface area (Å²) in [6.07, 6.45) is 7.27. The van der Waals surface area contributed by atoms with Crippen LogP contribution in [0.3, 0.4) is 0 Å². The molecule has 0 radical (unpaired) electrons. The minimum atomic E-state index is 0.869. The number of pyridine rings is 1. The molecule has 1 aliphatic rings. The van der Waals surface area contributed by atoms with Crippen molar-refractivity contribution >= 4 is 21.6 Å². The van der Waals surface area contributed by atoms with E-state index in [2.05, 4.69) is 30.9 Å². The van der Waals surface area contributed by atoms with E-state index in [1.54, 1.807) is 0 Å². The van der Waals surface area contributed by atoms with Gasteiger partial charge in [0, 0.05) is 6.20 Å². The van der Waals surface area contributed by atoms with Gasteiger partial charge in [-0.2, -0.15) is 0 Å². The molecule has 0 N–H and O–H groups in total. The molecule has 0 unspecified atom stereocenters. The number of hydrogen-bond acceptors (Lipinski definition) is 3. The standard InChI is InChI=1S/C13H17BrN4/c14-11-6-5-9-18-13(11)15-12(16-18)10-17-7-3-1-2-4-8-17/h5-6,9H,1-4,7-8,10H2. The summed E-state index contributed by atoms with van der Waals surface area (Å²) < 4.78 is 2.84. The number of nitrogens with zero attached hydrogens (tertiary/aromatic N) is 4. The van der Waals surface area contributed by atoms with Crippen molar-refractivity contribution < 1.29 is 0 Å². The third-order valence-corrected chi connectivity index (χ3v) is 4.04. The monoisotopic (exact) mass is 308 g/mol. The molecule has 0 aromatic carbocycles. The number of aromatic nitrogens is 3. The van der Waals surface area contributed by atoms with E-state index in [4.69, 9.17) is 0 Å². The second-order valence-corrected chi connectivity index (χ2v) is 5.70. The number of likely N-dealkylation sites (tertiary alicyclic amines) is 1. The minimum Gasteiger partial charge on any atom is -0.296 e. The van der Waals surface area contributed by atoms with Crippen molar-refractivity contribution in [2.24, 2.45) is 0 Å². The summed E-state index contributed by atoms with van der Waals surface area (Å²) in [5.74, 6) is 0.920. The van der Waals surface area contributed by atoms with Crippen molar-refractivity contribution in [3.63, 3.8) is 0 Å². The molecule has 0 spiro atoms. The Morgan fingerprint density at radius 2 is 1.94 bits per heavy atom. The Morgan fingerprint density at radius 1 is 1.17 bits per heavy atom. The van der Waals surface area contributed by atoms with Gasteiger partial charge in [0.05, 0.1) is 11.0 Å². The highest BCUT2D eigenvalue weighted by molar-refractivity contribution is 9.10. The first-order chi connectivity index (χ1) is 8.83. The normalized spacial score (nSPS) is 18.1. The first-order valence-corrected chi connectivity index (χ1v) is 7.34. The maximum atomic E-state index is 4.60. The van der Waals surface area contributed by atoms with Gasteiger partial charge in [0.2, 0.25) is 0 Å². The summed E-state index contributed by atoms with van der Waals surface area (Å²) in [4.78, 5) is 7.07. The summed E-state index contributed by atoms with van der Waals surface area (Å²) in [6.45, 7) is 3.22. The summed E-state index contributed by atoms with van der Waals surface area (Å²) in [5.41, 5.74) is 0.905. The van der Waals surface area contributed by atoms with E-state index in [0.29, 0.717) is 0 Å². The molecule has 3 rings (SSSR count). The summed E-state index contributed by atoms with van der Waals surface area (Å²) in [5, 5.41) is 4.53. The van der Waals surface area contributed by atoms with Crippen molar-refractivity contribution in [1.82, 2.24) is 19.5 Å². The molecule has 1 fully saturated rings. The maximum Gasteiger partial charge on any atom is 0.169 e. The van der Waals surface area contributed by atoms with Crippen LogP contribution in [0.1, 0.15) is 31.5 Å². The van der Waals surface area contributed by atoms with Crippen LogP contribution in [0.4, 0.5) is 0 Å². The topological polar surface area (TPSA) is 33.4 Å². The van der Waals surface area contributed by atoms with E-state index in [1.165, 1.54) is 38.8 Å². The predicted molar refractivity (Wildman–Crippen MR) is 74.4 cm³/mol. The molecule has 18 heavy (non-hydrogen) atoms. The van der Waals surface area contributed by atoms with Crippen LogP contribution in [-0.2, 0) is 6.54 Å². The van der Waals surface area contributed by atoms with Gasteiger partial charge in [0.1, 0.15) is 0 Å². The molecule has 4 nitrogen and oxygen atoms in total. The second-order valence-electron chi connectivity index (χ2n) is 4.84. The molecule has 5 heteroatoms. The average molecular weight is 309 g/mol. The molecule has 3 heterocycles. The lowest BCUT2D eigenvalue weighted by Gasteiger charge is -2.17. The largest absolute Gasteiger partial charge is 0.296 e. The van der Waals surface area contributed by atoms with Crippen molar-refractivity contribution in [1.29, 1.82) is 0 Å². The Morgan fingerprint density at radius 3 is 2.67 bits per heavy atom. The number of hydrogen-bond donors (Lipinski definition) is 0.